The minimum atomic E-state index is -0.972. The number of aromatic nitrogens is 1. The van der Waals surface area contributed by atoms with Crippen LogP contribution in [0.4, 0.5) is 5.69 Å². The lowest BCUT2D eigenvalue weighted by Crippen LogP contribution is -2.47. The third-order valence-corrected chi connectivity index (χ3v) is 5.39. The zero-order valence-electron chi connectivity index (χ0n) is 16.9. The van der Waals surface area contributed by atoms with Crippen molar-refractivity contribution in [3.63, 3.8) is 0 Å². The van der Waals surface area contributed by atoms with Crippen molar-refractivity contribution in [2.75, 3.05) is 4.90 Å². The van der Waals surface area contributed by atoms with Gasteiger partial charge in [0.25, 0.3) is 11.8 Å². The molecule has 2 heterocycles. The molecular weight excluding hydrogens is 382 g/mol. The van der Waals surface area contributed by atoms with Gasteiger partial charge in [0.15, 0.2) is 6.04 Å². The van der Waals surface area contributed by atoms with E-state index in [1.54, 1.807) is 24.3 Å². The summed E-state index contributed by atoms with van der Waals surface area (Å²) in [4.78, 5) is 28.3. The minimum absolute atomic E-state index is 0.0533. The number of furan rings is 1. The van der Waals surface area contributed by atoms with Crippen LogP contribution >= 0.6 is 0 Å². The SMILES string of the molecule is Cc1ccc(C(C(=O)NC2CCCCC2)N(C(=O)c2ccno2)c2ccccc2)o1. The van der Waals surface area contributed by atoms with Crippen LogP contribution in [0, 0.1) is 6.92 Å². The third kappa shape index (κ3) is 4.30. The topological polar surface area (TPSA) is 88.6 Å². The van der Waals surface area contributed by atoms with Crippen LogP contribution in [0.15, 0.2) is 63.7 Å². The molecule has 0 saturated heterocycles. The molecule has 156 valence electrons. The van der Waals surface area contributed by atoms with E-state index in [2.05, 4.69) is 10.5 Å². The monoisotopic (exact) mass is 407 g/mol. The lowest BCUT2D eigenvalue weighted by atomic mass is 9.95. The molecule has 1 aromatic carbocycles. The highest BCUT2D eigenvalue weighted by Crippen LogP contribution is 2.31. The molecule has 1 atom stereocenters. The van der Waals surface area contributed by atoms with Crippen molar-refractivity contribution >= 4 is 17.5 Å². The Labute approximate surface area is 175 Å². The third-order valence-electron chi connectivity index (χ3n) is 5.39. The van der Waals surface area contributed by atoms with Crippen LogP contribution in [-0.2, 0) is 4.79 Å². The summed E-state index contributed by atoms with van der Waals surface area (Å²) >= 11 is 0. The maximum Gasteiger partial charge on any atom is 0.297 e. The number of amides is 2. The highest BCUT2D eigenvalue weighted by atomic mass is 16.5. The second kappa shape index (κ2) is 8.98. The molecule has 1 aliphatic rings. The van der Waals surface area contributed by atoms with Crippen LogP contribution in [0.1, 0.15) is 60.2 Å². The number of nitrogens with zero attached hydrogens (tertiary/aromatic N) is 2. The molecule has 7 heteroatoms. The molecule has 1 N–H and O–H groups in total. The Kier molecular flexibility index (Phi) is 5.97. The van der Waals surface area contributed by atoms with Crippen molar-refractivity contribution in [2.45, 2.75) is 51.1 Å². The summed E-state index contributed by atoms with van der Waals surface area (Å²) in [6, 6.07) is 13.2. The molecule has 0 radical (unpaired) electrons. The van der Waals surface area contributed by atoms with Gasteiger partial charge >= 0.3 is 0 Å². The first-order chi connectivity index (χ1) is 14.6. The summed E-state index contributed by atoms with van der Waals surface area (Å²) in [7, 11) is 0. The molecule has 3 aromatic rings. The minimum Gasteiger partial charge on any atom is -0.464 e. The maximum atomic E-state index is 13.5. The van der Waals surface area contributed by atoms with E-state index in [0.29, 0.717) is 17.2 Å². The lowest BCUT2D eigenvalue weighted by molar-refractivity contribution is -0.123. The van der Waals surface area contributed by atoms with Gasteiger partial charge in [-0.15, -0.1) is 0 Å². The van der Waals surface area contributed by atoms with Crippen LogP contribution < -0.4 is 10.2 Å². The van der Waals surface area contributed by atoms with Crippen molar-refractivity contribution in [3.8, 4) is 0 Å². The number of benzene rings is 1. The van der Waals surface area contributed by atoms with E-state index in [9.17, 15) is 9.59 Å². The van der Waals surface area contributed by atoms with Gasteiger partial charge in [-0.05, 0) is 44.0 Å². The fourth-order valence-electron chi connectivity index (χ4n) is 3.92. The van der Waals surface area contributed by atoms with Crippen molar-refractivity contribution in [1.29, 1.82) is 0 Å². The number of nitrogens with one attached hydrogen (secondary N) is 1. The average molecular weight is 407 g/mol. The van der Waals surface area contributed by atoms with Crippen LogP contribution in [0.5, 0.6) is 0 Å². The van der Waals surface area contributed by atoms with E-state index in [-0.39, 0.29) is 17.7 Å². The van der Waals surface area contributed by atoms with Gasteiger partial charge in [-0.3, -0.25) is 14.5 Å². The standard InChI is InChI=1S/C23H25N3O4/c1-16-12-13-19(29-16)21(22(27)25-17-8-4-2-5-9-17)26(18-10-6-3-7-11-18)23(28)20-14-15-24-30-20/h3,6-7,10-15,17,21H,2,4-5,8-9H2,1H3,(H,25,27). The predicted molar refractivity (Wildman–Crippen MR) is 111 cm³/mol. The molecule has 30 heavy (non-hydrogen) atoms. The number of rotatable bonds is 6. The first-order valence-corrected chi connectivity index (χ1v) is 10.3. The van der Waals surface area contributed by atoms with E-state index >= 15 is 0 Å². The van der Waals surface area contributed by atoms with Crippen molar-refractivity contribution in [2.24, 2.45) is 0 Å². The molecule has 1 aliphatic carbocycles. The van der Waals surface area contributed by atoms with Gasteiger partial charge in [-0.2, -0.15) is 0 Å². The molecular formula is C23H25N3O4. The normalized spacial score (nSPS) is 15.5. The zero-order chi connectivity index (χ0) is 20.9. The average Bonchev–Trinajstić information content (AvgIpc) is 3.45. The number of aryl methyl sites for hydroxylation is 1. The molecule has 0 aliphatic heterocycles. The van der Waals surface area contributed by atoms with Gasteiger partial charge in [0.2, 0.25) is 5.76 Å². The Hall–Kier alpha value is -3.35. The molecule has 7 nitrogen and oxygen atoms in total. The van der Waals surface area contributed by atoms with Gasteiger partial charge in [0, 0.05) is 17.8 Å². The Morgan fingerprint density at radius 1 is 1.07 bits per heavy atom. The van der Waals surface area contributed by atoms with Crippen LogP contribution in [0.25, 0.3) is 0 Å². The first kappa shape index (κ1) is 19.9. The Balaban J connectivity index is 1.74. The summed E-state index contributed by atoms with van der Waals surface area (Å²) in [6.45, 7) is 1.81. The van der Waals surface area contributed by atoms with E-state index < -0.39 is 11.9 Å². The van der Waals surface area contributed by atoms with Gasteiger partial charge in [0.1, 0.15) is 11.5 Å². The van der Waals surface area contributed by atoms with E-state index in [1.807, 2.05) is 25.1 Å². The van der Waals surface area contributed by atoms with Crippen molar-refractivity contribution < 1.29 is 18.5 Å². The van der Waals surface area contributed by atoms with Gasteiger partial charge in [-0.25, -0.2) is 0 Å². The van der Waals surface area contributed by atoms with Gasteiger partial charge < -0.3 is 14.3 Å². The van der Waals surface area contributed by atoms with Gasteiger partial charge in [-0.1, -0.05) is 42.6 Å². The zero-order valence-corrected chi connectivity index (χ0v) is 16.9. The van der Waals surface area contributed by atoms with E-state index in [4.69, 9.17) is 8.94 Å². The number of para-hydroxylation sites is 1. The summed E-state index contributed by atoms with van der Waals surface area (Å²) in [5.74, 6) is 0.389. The summed E-state index contributed by atoms with van der Waals surface area (Å²) in [5, 5.41) is 6.79. The fourth-order valence-corrected chi connectivity index (χ4v) is 3.92. The first-order valence-electron chi connectivity index (χ1n) is 10.3. The molecule has 4 rings (SSSR count). The fraction of sp³-hybridized carbons (Fsp3) is 0.348. The second-order valence-corrected chi connectivity index (χ2v) is 7.58. The highest BCUT2D eigenvalue weighted by Gasteiger charge is 2.37. The smallest absolute Gasteiger partial charge is 0.297 e. The van der Waals surface area contributed by atoms with Crippen molar-refractivity contribution in [3.05, 3.63) is 72.0 Å². The number of hydrogen-bond donors (Lipinski definition) is 1. The Bertz CT molecular complexity index is 975. The second-order valence-electron chi connectivity index (χ2n) is 7.58. The molecule has 2 amide bonds. The Morgan fingerprint density at radius 3 is 2.47 bits per heavy atom. The molecule has 1 unspecified atom stereocenters. The largest absolute Gasteiger partial charge is 0.464 e. The van der Waals surface area contributed by atoms with Crippen LogP contribution in [-0.4, -0.2) is 23.0 Å². The maximum absolute atomic E-state index is 13.5. The summed E-state index contributed by atoms with van der Waals surface area (Å²) in [5.41, 5.74) is 0.566. The summed E-state index contributed by atoms with van der Waals surface area (Å²) < 4.78 is 10.9. The van der Waals surface area contributed by atoms with Crippen LogP contribution in [0.3, 0.4) is 0 Å². The van der Waals surface area contributed by atoms with Crippen LogP contribution in [0.2, 0.25) is 0 Å². The van der Waals surface area contributed by atoms with Gasteiger partial charge in [0.05, 0.1) is 6.20 Å². The molecule has 2 aromatic heterocycles. The predicted octanol–water partition coefficient (Wildman–Crippen LogP) is 4.41. The molecule has 0 bridgehead atoms. The highest BCUT2D eigenvalue weighted by molar-refractivity contribution is 6.08. The molecule has 1 saturated carbocycles. The molecule has 1 fully saturated rings. The number of hydrogen-bond acceptors (Lipinski definition) is 5. The quantitative estimate of drug-likeness (QED) is 0.654. The van der Waals surface area contributed by atoms with E-state index in [0.717, 1.165) is 25.7 Å². The number of anilines is 1. The lowest BCUT2D eigenvalue weighted by Gasteiger charge is -2.31. The summed E-state index contributed by atoms with van der Waals surface area (Å²) in [6.07, 6.45) is 6.66. The Morgan fingerprint density at radius 2 is 1.83 bits per heavy atom. The molecule has 0 spiro atoms. The van der Waals surface area contributed by atoms with Crippen molar-refractivity contribution in [1.82, 2.24) is 10.5 Å². The van der Waals surface area contributed by atoms with E-state index in [1.165, 1.54) is 23.6 Å². The number of carbonyl (C=O) groups is 2. The number of carbonyl (C=O) groups excluding carboxylic acids is 2.